The van der Waals surface area contributed by atoms with Crippen molar-refractivity contribution in [1.29, 1.82) is 0 Å². The van der Waals surface area contributed by atoms with Crippen LogP contribution in [0.4, 0.5) is 11.4 Å². The van der Waals surface area contributed by atoms with E-state index < -0.39 is 16.7 Å². The van der Waals surface area contributed by atoms with Crippen molar-refractivity contribution < 1.29 is 24.0 Å². The topological polar surface area (TPSA) is 99.0 Å². The summed E-state index contributed by atoms with van der Waals surface area (Å²) in [6.45, 7) is 0. The quantitative estimate of drug-likeness (QED) is 0.485. The van der Waals surface area contributed by atoms with Gasteiger partial charge in [-0.1, -0.05) is 0 Å². The Balaban J connectivity index is 2.10. The molecule has 0 saturated carbocycles. The van der Waals surface area contributed by atoms with Gasteiger partial charge >= 0.3 is 0 Å². The smallest absolute Gasteiger partial charge is 0.270 e. The van der Waals surface area contributed by atoms with Crippen LogP contribution in [-0.4, -0.2) is 31.0 Å². The van der Waals surface area contributed by atoms with Gasteiger partial charge in [0.25, 0.3) is 17.5 Å². The Morgan fingerprint density at radius 3 is 2.29 bits per heavy atom. The number of benzene rings is 2. The average Bonchev–Trinajstić information content (AvgIpc) is 2.84. The van der Waals surface area contributed by atoms with Gasteiger partial charge in [0.1, 0.15) is 11.5 Å². The molecule has 2 aromatic carbocycles. The first-order valence-corrected chi connectivity index (χ1v) is 6.87. The molecule has 0 N–H and O–H groups in total. The summed E-state index contributed by atoms with van der Waals surface area (Å²) < 4.78 is 10.3. The van der Waals surface area contributed by atoms with E-state index >= 15 is 0 Å². The molecular formula is C16H12N2O6. The van der Waals surface area contributed by atoms with Crippen LogP contribution in [0.15, 0.2) is 36.4 Å². The van der Waals surface area contributed by atoms with Crippen LogP contribution in [0.3, 0.4) is 0 Å². The summed E-state index contributed by atoms with van der Waals surface area (Å²) in [4.78, 5) is 36.4. The first kappa shape index (κ1) is 15.5. The number of non-ortho nitro benzene ring substituents is 1. The van der Waals surface area contributed by atoms with Gasteiger partial charge in [-0.2, -0.15) is 0 Å². The lowest BCUT2D eigenvalue weighted by atomic mass is 10.1. The van der Waals surface area contributed by atoms with Gasteiger partial charge in [0.05, 0.1) is 36.0 Å². The van der Waals surface area contributed by atoms with Gasteiger partial charge < -0.3 is 9.47 Å². The summed E-state index contributed by atoms with van der Waals surface area (Å²) in [5, 5.41) is 10.9. The summed E-state index contributed by atoms with van der Waals surface area (Å²) in [6, 6.07) is 8.23. The van der Waals surface area contributed by atoms with Crippen molar-refractivity contribution in [2.45, 2.75) is 0 Å². The number of nitro benzene ring substituents is 1. The molecule has 8 heteroatoms. The molecule has 1 aliphatic heterocycles. The Labute approximate surface area is 136 Å². The highest BCUT2D eigenvalue weighted by molar-refractivity contribution is 6.35. The Bertz CT molecular complexity index is 877. The van der Waals surface area contributed by atoms with Crippen molar-refractivity contribution in [1.82, 2.24) is 0 Å². The molecule has 3 rings (SSSR count). The normalized spacial score (nSPS) is 13.0. The van der Waals surface area contributed by atoms with E-state index in [4.69, 9.17) is 9.47 Å². The van der Waals surface area contributed by atoms with Crippen molar-refractivity contribution in [3.05, 3.63) is 57.6 Å². The third-order valence-corrected chi connectivity index (χ3v) is 3.71. The number of fused-ring (bicyclic) bond motifs is 1. The van der Waals surface area contributed by atoms with E-state index in [1.54, 1.807) is 12.1 Å². The van der Waals surface area contributed by atoms with Crippen LogP contribution in [0, 0.1) is 10.1 Å². The Morgan fingerprint density at radius 2 is 1.67 bits per heavy atom. The molecule has 0 fully saturated rings. The zero-order valence-electron chi connectivity index (χ0n) is 12.8. The van der Waals surface area contributed by atoms with Gasteiger partial charge in [0.2, 0.25) is 0 Å². The number of hydrogen-bond donors (Lipinski definition) is 0. The highest BCUT2D eigenvalue weighted by Gasteiger charge is 2.39. The number of carbonyl (C=O) groups is 2. The van der Waals surface area contributed by atoms with Crippen molar-refractivity contribution in [3.8, 4) is 11.5 Å². The number of nitrogens with zero attached hydrogens (tertiary/aromatic N) is 2. The van der Waals surface area contributed by atoms with E-state index in [0.717, 1.165) is 11.0 Å². The molecule has 1 heterocycles. The predicted molar refractivity (Wildman–Crippen MR) is 83.8 cm³/mol. The minimum atomic E-state index is -0.637. The van der Waals surface area contributed by atoms with Crippen molar-refractivity contribution in [2.24, 2.45) is 0 Å². The number of methoxy groups -OCH3 is 2. The molecule has 122 valence electrons. The first-order valence-electron chi connectivity index (χ1n) is 6.87. The number of hydrogen-bond acceptors (Lipinski definition) is 6. The Hall–Kier alpha value is -3.42. The number of amides is 2. The molecule has 0 unspecified atom stereocenters. The van der Waals surface area contributed by atoms with E-state index in [9.17, 15) is 19.7 Å². The number of rotatable bonds is 4. The molecular weight excluding hydrogens is 316 g/mol. The lowest BCUT2D eigenvalue weighted by molar-refractivity contribution is -0.384. The fraction of sp³-hybridized carbons (Fsp3) is 0.125. The average molecular weight is 328 g/mol. The van der Waals surface area contributed by atoms with E-state index in [-0.39, 0.29) is 28.3 Å². The van der Waals surface area contributed by atoms with Crippen LogP contribution in [0.5, 0.6) is 11.5 Å². The van der Waals surface area contributed by atoms with Crippen LogP contribution >= 0.6 is 0 Å². The first-order chi connectivity index (χ1) is 11.5. The number of nitro groups is 1. The standard InChI is InChI=1S/C16H12N2O6/c1-23-10-4-6-13(14(8-10)24-2)17-15(19)11-5-3-9(18(21)22)7-12(11)16(17)20/h3-8H,1-2H3. The lowest BCUT2D eigenvalue weighted by Gasteiger charge is -2.17. The van der Waals surface area contributed by atoms with Crippen molar-refractivity contribution in [2.75, 3.05) is 19.1 Å². The highest BCUT2D eigenvalue weighted by Crippen LogP contribution is 2.37. The molecule has 0 saturated heterocycles. The second-order valence-electron chi connectivity index (χ2n) is 4.97. The maximum atomic E-state index is 12.6. The molecule has 24 heavy (non-hydrogen) atoms. The largest absolute Gasteiger partial charge is 0.497 e. The molecule has 0 aromatic heterocycles. The van der Waals surface area contributed by atoms with E-state index in [1.165, 1.54) is 32.4 Å². The maximum Gasteiger partial charge on any atom is 0.270 e. The second-order valence-corrected chi connectivity index (χ2v) is 4.97. The van der Waals surface area contributed by atoms with Crippen molar-refractivity contribution >= 4 is 23.2 Å². The Morgan fingerprint density at radius 1 is 0.958 bits per heavy atom. The van der Waals surface area contributed by atoms with Gasteiger partial charge in [-0.3, -0.25) is 19.7 Å². The number of imide groups is 1. The SMILES string of the molecule is COc1ccc(N2C(=O)c3ccc([N+](=O)[O-])cc3C2=O)c(OC)c1. The fourth-order valence-corrected chi connectivity index (χ4v) is 2.53. The van der Waals surface area contributed by atoms with Gasteiger partial charge in [-0.15, -0.1) is 0 Å². The maximum absolute atomic E-state index is 12.6. The van der Waals surface area contributed by atoms with Crippen LogP contribution in [0.2, 0.25) is 0 Å². The molecule has 0 atom stereocenters. The Kier molecular flexibility index (Phi) is 3.64. The molecule has 8 nitrogen and oxygen atoms in total. The van der Waals surface area contributed by atoms with Crippen LogP contribution < -0.4 is 14.4 Å². The number of carbonyl (C=O) groups excluding carboxylic acids is 2. The van der Waals surface area contributed by atoms with Crippen LogP contribution in [0.1, 0.15) is 20.7 Å². The third kappa shape index (κ3) is 2.24. The summed E-state index contributed by atoms with van der Waals surface area (Å²) in [5.74, 6) is -0.420. The number of ether oxygens (including phenoxy) is 2. The molecule has 2 aromatic rings. The highest BCUT2D eigenvalue weighted by atomic mass is 16.6. The molecule has 0 bridgehead atoms. The third-order valence-electron chi connectivity index (χ3n) is 3.71. The van der Waals surface area contributed by atoms with Gasteiger partial charge in [-0.25, -0.2) is 4.90 Å². The minimum absolute atomic E-state index is 0.00734. The molecule has 0 spiro atoms. The zero-order chi connectivity index (χ0) is 17.4. The summed E-state index contributed by atoms with van der Waals surface area (Å²) in [6.07, 6.45) is 0. The van der Waals surface area contributed by atoms with Gasteiger partial charge in [0, 0.05) is 18.2 Å². The van der Waals surface area contributed by atoms with E-state index in [2.05, 4.69) is 0 Å². The molecule has 0 aliphatic carbocycles. The van der Waals surface area contributed by atoms with Gasteiger partial charge in [-0.05, 0) is 18.2 Å². The minimum Gasteiger partial charge on any atom is -0.497 e. The summed E-state index contributed by atoms with van der Waals surface area (Å²) in [5.41, 5.74) is 0.0983. The van der Waals surface area contributed by atoms with Crippen molar-refractivity contribution in [3.63, 3.8) is 0 Å². The van der Waals surface area contributed by atoms with Crippen LogP contribution in [0.25, 0.3) is 0 Å². The van der Waals surface area contributed by atoms with Gasteiger partial charge in [0.15, 0.2) is 0 Å². The summed E-state index contributed by atoms with van der Waals surface area (Å²) in [7, 11) is 2.89. The monoisotopic (exact) mass is 328 g/mol. The molecule has 1 aliphatic rings. The predicted octanol–water partition coefficient (Wildman–Crippen LogP) is 2.41. The van der Waals surface area contributed by atoms with E-state index in [0.29, 0.717) is 5.75 Å². The fourth-order valence-electron chi connectivity index (χ4n) is 2.53. The lowest BCUT2D eigenvalue weighted by Crippen LogP contribution is -2.29. The molecule has 0 radical (unpaired) electrons. The molecule has 2 amide bonds. The zero-order valence-corrected chi connectivity index (χ0v) is 12.8. The second kappa shape index (κ2) is 5.65. The summed E-state index contributed by atoms with van der Waals surface area (Å²) >= 11 is 0. The van der Waals surface area contributed by atoms with E-state index in [1.807, 2.05) is 0 Å². The van der Waals surface area contributed by atoms with Crippen LogP contribution in [-0.2, 0) is 0 Å². The number of anilines is 1.